The van der Waals surface area contributed by atoms with Gasteiger partial charge in [0.1, 0.15) is 11.9 Å². The number of anilines is 2. The standard InChI is InChI=1S/C27H28N4O6/c1-2-36-19-13-11-18(12-14-19)29-25(33)20-7-3-5-9-22(20)30-26(34)27(35)31-28-15-17-16-37-23-10-6-4-8-21(23)24(17)32/h3,5,7,9,11-16,21,23H,2,4,6,8,10H2,1H3,(H,29,33)(H,30,34)(H,31,35)/b28-15+. The van der Waals surface area contributed by atoms with E-state index in [4.69, 9.17) is 9.47 Å². The Morgan fingerprint density at radius 3 is 2.57 bits per heavy atom. The predicted octanol–water partition coefficient (Wildman–Crippen LogP) is 3.42. The van der Waals surface area contributed by atoms with Crippen LogP contribution in [0.4, 0.5) is 11.4 Å². The molecular weight excluding hydrogens is 476 g/mol. The van der Waals surface area contributed by atoms with Crippen LogP contribution >= 0.6 is 0 Å². The van der Waals surface area contributed by atoms with E-state index in [2.05, 4.69) is 21.2 Å². The Morgan fingerprint density at radius 2 is 1.78 bits per heavy atom. The van der Waals surface area contributed by atoms with Gasteiger partial charge in [0.15, 0.2) is 5.78 Å². The van der Waals surface area contributed by atoms with Crippen LogP contribution in [0.1, 0.15) is 43.0 Å². The highest BCUT2D eigenvalue weighted by molar-refractivity contribution is 6.40. The summed E-state index contributed by atoms with van der Waals surface area (Å²) >= 11 is 0. The summed E-state index contributed by atoms with van der Waals surface area (Å²) in [6.07, 6.45) is 6.02. The molecule has 0 bridgehead atoms. The van der Waals surface area contributed by atoms with Crippen molar-refractivity contribution >= 4 is 41.1 Å². The van der Waals surface area contributed by atoms with Gasteiger partial charge in [0.2, 0.25) is 0 Å². The first-order chi connectivity index (χ1) is 18.0. The third-order valence-electron chi connectivity index (χ3n) is 6.11. The molecule has 3 N–H and O–H groups in total. The van der Waals surface area contributed by atoms with E-state index < -0.39 is 17.7 Å². The number of rotatable bonds is 7. The van der Waals surface area contributed by atoms with E-state index in [-0.39, 0.29) is 34.6 Å². The first-order valence-corrected chi connectivity index (χ1v) is 12.1. The third-order valence-corrected chi connectivity index (χ3v) is 6.11. The van der Waals surface area contributed by atoms with E-state index in [0.29, 0.717) is 18.0 Å². The Labute approximate surface area is 214 Å². The third kappa shape index (κ3) is 6.40. The second-order valence-corrected chi connectivity index (χ2v) is 8.61. The zero-order valence-corrected chi connectivity index (χ0v) is 20.4. The molecule has 0 aromatic heterocycles. The summed E-state index contributed by atoms with van der Waals surface area (Å²) in [4.78, 5) is 50.1. The number of carbonyl (C=O) groups excluding carboxylic acids is 4. The summed E-state index contributed by atoms with van der Waals surface area (Å²) in [5, 5.41) is 8.91. The lowest BCUT2D eigenvalue weighted by Crippen LogP contribution is -2.37. The molecule has 2 unspecified atom stereocenters. The molecule has 10 nitrogen and oxygen atoms in total. The number of ketones is 1. The van der Waals surface area contributed by atoms with Crippen molar-refractivity contribution in [2.24, 2.45) is 11.0 Å². The first kappa shape index (κ1) is 25.6. The molecule has 3 amide bonds. The number of hydrogen-bond acceptors (Lipinski definition) is 7. The van der Waals surface area contributed by atoms with Gasteiger partial charge in [-0.15, -0.1) is 0 Å². The second-order valence-electron chi connectivity index (χ2n) is 8.61. The average molecular weight is 505 g/mol. The van der Waals surface area contributed by atoms with Crippen molar-refractivity contribution < 1.29 is 28.7 Å². The maximum absolute atomic E-state index is 12.8. The number of Topliss-reactive ketones (excluding diaryl/α,β-unsaturated/α-hetero) is 1. The summed E-state index contributed by atoms with van der Waals surface area (Å²) in [6, 6.07) is 13.1. The van der Waals surface area contributed by atoms with Crippen LogP contribution in [-0.4, -0.2) is 42.4 Å². The van der Waals surface area contributed by atoms with Crippen LogP contribution in [0.3, 0.4) is 0 Å². The Balaban J connectivity index is 1.34. The normalized spacial score (nSPS) is 18.7. The van der Waals surface area contributed by atoms with Crippen LogP contribution in [0.2, 0.25) is 0 Å². The fourth-order valence-electron chi connectivity index (χ4n) is 4.27. The number of hydrogen-bond donors (Lipinski definition) is 3. The molecule has 1 fully saturated rings. The quantitative estimate of drug-likeness (QED) is 0.300. The molecule has 1 aliphatic carbocycles. The maximum Gasteiger partial charge on any atom is 0.329 e. The number of benzene rings is 2. The molecule has 0 saturated heterocycles. The number of hydrazone groups is 1. The van der Waals surface area contributed by atoms with Crippen molar-refractivity contribution in [3.8, 4) is 5.75 Å². The number of ether oxygens (including phenoxy) is 2. The lowest BCUT2D eigenvalue weighted by molar-refractivity contribution is -0.136. The van der Waals surface area contributed by atoms with E-state index in [1.807, 2.05) is 6.92 Å². The highest BCUT2D eigenvalue weighted by Crippen LogP contribution is 2.32. The van der Waals surface area contributed by atoms with Gasteiger partial charge in [-0.1, -0.05) is 18.6 Å². The number of fused-ring (bicyclic) bond motifs is 1. The van der Waals surface area contributed by atoms with E-state index >= 15 is 0 Å². The number of nitrogens with one attached hydrogen (secondary N) is 3. The topological polar surface area (TPSA) is 135 Å². The van der Waals surface area contributed by atoms with Gasteiger partial charge in [-0.3, -0.25) is 19.2 Å². The summed E-state index contributed by atoms with van der Waals surface area (Å²) in [7, 11) is 0. The molecule has 2 aromatic rings. The molecule has 0 spiro atoms. The highest BCUT2D eigenvalue weighted by Gasteiger charge is 2.36. The minimum atomic E-state index is -1.06. The number of nitrogens with zero attached hydrogens (tertiary/aromatic N) is 1. The molecule has 0 radical (unpaired) electrons. The number of amides is 3. The predicted molar refractivity (Wildman–Crippen MR) is 137 cm³/mol. The van der Waals surface area contributed by atoms with E-state index in [1.54, 1.807) is 36.4 Å². The Bertz CT molecular complexity index is 1240. The zero-order chi connectivity index (χ0) is 26.2. The molecule has 192 valence electrons. The summed E-state index contributed by atoms with van der Waals surface area (Å²) < 4.78 is 11.0. The van der Waals surface area contributed by atoms with Crippen molar-refractivity contribution in [2.45, 2.75) is 38.7 Å². The number of para-hydroxylation sites is 1. The Kier molecular flexibility index (Phi) is 8.29. The summed E-state index contributed by atoms with van der Waals surface area (Å²) in [5.74, 6) is -2.15. The minimum absolute atomic E-state index is 0.0779. The average Bonchev–Trinajstić information content (AvgIpc) is 2.91. The first-order valence-electron chi connectivity index (χ1n) is 12.1. The van der Waals surface area contributed by atoms with Crippen LogP contribution in [0.15, 0.2) is 65.5 Å². The fraction of sp³-hybridized carbons (Fsp3) is 0.296. The van der Waals surface area contributed by atoms with Crippen molar-refractivity contribution in [2.75, 3.05) is 17.2 Å². The van der Waals surface area contributed by atoms with Crippen LogP contribution in [0, 0.1) is 5.92 Å². The lowest BCUT2D eigenvalue weighted by Gasteiger charge is -2.33. The van der Waals surface area contributed by atoms with Crippen LogP contribution in [0.25, 0.3) is 0 Å². The summed E-state index contributed by atoms with van der Waals surface area (Å²) in [5.41, 5.74) is 3.19. The smallest absolute Gasteiger partial charge is 0.329 e. The van der Waals surface area contributed by atoms with Crippen molar-refractivity contribution in [1.82, 2.24) is 5.43 Å². The SMILES string of the molecule is CCOc1ccc(NC(=O)c2ccccc2NC(=O)C(=O)N/N=C/C2=COC3CCCCC3C2=O)cc1. The largest absolute Gasteiger partial charge is 0.496 e. The Hall–Kier alpha value is -4.47. The lowest BCUT2D eigenvalue weighted by atomic mass is 9.80. The van der Waals surface area contributed by atoms with E-state index in [9.17, 15) is 19.2 Å². The molecule has 2 aromatic carbocycles. The van der Waals surface area contributed by atoms with Crippen LogP contribution in [0.5, 0.6) is 5.75 Å². The van der Waals surface area contributed by atoms with Gasteiger partial charge < -0.3 is 20.1 Å². The van der Waals surface area contributed by atoms with Crippen molar-refractivity contribution in [3.63, 3.8) is 0 Å². The fourth-order valence-corrected chi connectivity index (χ4v) is 4.27. The number of allylic oxidation sites excluding steroid dienone is 1. The minimum Gasteiger partial charge on any atom is -0.496 e. The van der Waals surface area contributed by atoms with Gasteiger partial charge in [-0.25, -0.2) is 5.43 Å². The molecular formula is C27H28N4O6. The zero-order valence-electron chi connectivity index (χ0n) is 20.4. The van der Waals surface area contributed by atoms with Gasteiger partial charge in [0, 0.05) is 5.69 Å². The molecule has 4 rings (SSSR count). The van der Waals surface area contributed by atoms with Gasteiger partial charge in [0.25, 0.3) is 5.91 Å². The molecule has 37 heavy (non-hydrogen) atoms. The van der Waals surface area contributed by atoms with Gasteiger partial charge in [0.05, 0.1) is 41.8 Å². The second kappa shape index (κ2) is 12.0. The van der Waals surface area contributed by atoms with Gasteiger partial charge in [-0.05, 0) is 62.6 Å². The molecule has 2 aliphatic rings. The molecule has 10 heteroatoms. The van der Waals surface area contributed by atoms with Gasteiger partial charge >= 0.3 is 11.8 Å². The van der Waals surface area contributed by atoms with Crippen molar-refractivity contribution in [1.29, 1.82) is 0 Å². The van der Waals surface area contributed by atoms with Crippen LogP contribution < -0.4 is 20.8 Å². The summed E-state index contributed by atoms with van der Waals surface area (Å²) in [6.45, 7) is 2.41. The van der Waals surface area contributed by atoms with E-state index in [1.165, 1.54) is 24.6 Å². The van der Waals surface area contributed by atoms with Crippen LogP contribution in [-0.2, 0) is 19.1 Å². The van der Waals surface area contributed by atoms with Gasteiger partial charge in [-0.2, -0.15) is 5.10 Å². The number of carbonyl (C=O) groups is 4. The molecule has 1 heterocycles. The van der Waals surface area contributed by atoms with E-state index in [0.717, 1.165) is 25.7 Å². The molecule has 1 aliphatic heterocycles. The molecule has 2 atom stereocenters. The maximum atomic E-state index is 12.8. The monoisotopic (exact) mass is 504 g/mol. The molecule has 1 saturated carbocycles. The Morgan fingerprint density at radius 1 is 1.03 bits per heavy atom. The van der Waals surface area contributed by atoms with Crippen molar-refractivity contribution in [3.05, 3.63) is 65.9 Å². The highest BCUT2D eigenvalue weighted by atomic mass is 16.5.